The third kappa shape index (κ3) is 6.59. The topological polar surface area (TPSA) is 80.3 Å². The van der Waals surface area contributed by atoms with Crippen molar-refractivity contribution >= 4 is 21.5 Å². The van der Waals surface area contributed by atoms with E-state index in [1.807, 2.05) is 0 Å². The van der Waals surface area contributed by atoms with Gasteiger partial charge in [0.15, 0.2) is 9.84 Å². The molecular formula is C8H15NO4S. The molecule has 0 aliphatic carbocycles. The summed E-state index contributed by atoms with van der Waals surface area (Å²) in [5.74, 6) is -0.674. The Labute approximate surface area is 83.8 Å². The third-order valence-electron chi connectivity index (χ3n) is 1.58. The molecule has 0 bridgehead atoms. The summed E-state index contributed by atoms with van der Waals surface area (Å²) < 4.78 is 22.0. The fourth-order valence-electron chi connectivity index (χ4n) is 0.779. The second kappa shape index (κ2) is 5.74. The van der Waals surface area contributed by atoms with E-state index in [9.17, 15) is 18.0 Å². The number of sulfone groups is 1. The lowest BCUT2D eigenvalue weighted by Gasteiger charge is -2.03. The summed E-state index contributed by atoms with van der Waals surface area (Å²) in [7, 11) is -3.04. The van der Waals surface area contributed by atoms with E-state index in [1.54, 1.807) is 6.92 Å². The number of amides is 1. The van der Waals surface area contributed by atoms with Crippen LogP contribution in [0.3, 0.4) is 0 Å². The molecule has 0 aromatic carbocycles. The van der Waals surface area contributed by atoms with Gasteiger partial charge >= 0.3 is 0 Å². The zero-order valence-corrected chi connectivity index (χ0v) is 9.19. The molecule has 0 spiro atoms. The third-order valence-corrected chi connectivity index (χ3v) is 3.29. The van der Waals surface area contributed by atoms with Gasteiger partial charge in [-0.25, -0.2) is 8.42 Å². The quantitative estimate of drug-likeness (QED) is 0.614. The number of hydrogen-bond acceptors (Lipinski definition) is 4. The molecule has 0 saturated heterocycles. The van der Waals surface area contributed by atoms with Crippen LogP contribution >= 0.6 is 0 Å². The van der Waals surface area contributed by atoms with E-state index in [4.69, 9.17) is 0 Å². The van der Waals surface area contributed by atoms with Crippen molar-refractivity contribution in [1.29, 1.82) is 0 Å². The molecule has 0 heterocycles. The molecule has 0 aliphatic rings. The summed E-state index contributed by atoms with van der Waals surface area (Å²) in [6.45, 7) is 2.93. The highest BCUT2D eigenvalue weighted by Crippen LogP contribution is 1.88. The first kappa shape index (κ1) is 13.1. The van der Waals surface area contributed by atoms with Crippen molar-refractivity contribution in [3.63, 3.8) is 0 Å². The Morgan fingerprint density at radius 1 is 1.29 bits per heavy atom. The summed E-state index contributed by atoms with van der Waals surface area (Å²) in [5.41, 5.74) is 0. The molecule has 14 heavy (non-hydrogen) atoms. The first-order valence-corrected chi connectivity index (χ1v) is 6.16. The Kier molecular flexibility index (Phi) is 5.37. The van der Waals surface area contributed by atoms with Gasteiger partial charge in [-0.2, -0.15) is 0 Å². The van der Waals surface area contributed by atoms with Gasteiger partial charge in [0.05, 0.1) is 12.2 Å². The van der Waals surface area contributed by atoms with Crippen molar-refractivity contribution in [2.24, 2.45) is 0 Å². The lowest BCUT2D eigenvalue weighted by atomic mass is 10.3. The number of carbonyl (C=O) groups excluding carboxylic acids is 2. The second-order valence-corrected chi connectivity index (χ2v) is 5.44. The zero-order valence-electron chi connectivity index (χ0n) is 8.37. The smallest absolute Gasteiger partial charge is 0.227 e. The monoisotopic (exact) mass is 221 g/mol. The maximum atomic E-state index is 11.0. The minimum atomic E-state index is -3.04. The highest BCUT2D eigenvalue weighted by Gasteiger charge is 2.09. The Hall–Kier alpha value is -0.910. The molecule has 0 aromatic heterocycles. The van der Waals surface area contributed by atoms with Gasteiger partial charge in [-0.3, -0.25) is 9.59 Å². The predicted molar refractivity (Wildman–Crippen MR) is 52.6 cm³/mol. The van der Waals surface area contributed by atoms with Crippen molar-refractivity contribution < 1.29 is 18.0 Å². The Morgan fingerprint density at radius 2 is 1.86 bits per heavy atom. The number of nitrogens with one attached hydrogen (secondary N) is 1. The van der Waals surface area contributed by atoms with E-state index in [-0.39, 0.29) is 30.3 Å². The molecule has 0 radical (unpaired) electrons. The molecular weight excluding hydrogens is 206 g/mol. The van der Waals surface area contributed by atoms with E-state index in [0.717, 1.165) is 0 Å². The van der Waals surface area contributed by atoms with Gasteiger partial charge in [-0.1, -0.05) is 6.92 Å². The Morgan fingerprint density at radius 3 is 2.29 bits per heavy atom. The Bertz CT molecular complexity index is 307. The summed E-state index contributed by atoms with van der Waals surface area (Å²) in [5, 5.41) is 2.37. The minimum Gasteiger partial charge on any atom is -0.355 e. The van der Waals surface area contributed by atoms with Gasteiger partial charge in [0.2, 0.25) is 5.91 Å². The maximum absolute atomic E-state index is 11.0. The van der Waals surface area contributed by atoms with Crippen LogP contribution in [0.15, 0.2) is 0 Å². The summed E-state index contributed by atoms with van der Waals surface area (Å²) in [6.07, 6.45) is -0.188. The Balaban J connectivity index is 3.75. The van der Waals surface area contributed by atoms with Gasteiger partial charge in [-0.05, 0) is 6.92 Å². The van der Waals surface area contributed by atoms with E-state index in [2.05, 4.69) is 5.32 Å². The lowest BCUT2D eigenvalue weighted by Crippen LogP contribution is -2.30. The predicted octanol–water partition coefficient (Wildman–Crippen LogP) is -0.484. The van der Waals surface area contributed by atoms with Crippen molar-refractivity contribution in [2.75, 3.05) is 18.1 Å². The zero-order chi connectivity index (χ0) is 11.2. The van der Waals surface area contributed by atoms with Crippen LogP contribution in [0.1, 0.15) is 20.3 Å². The van der Waals surface area contributed by atoms with E-state index < -0.39 is 15.7 Å². The SMILES string of the molecule is CCS(=O)(=O)CCNC(=O)CC(C)=O. The average molecular weight is 221 g/mol. The molecule has 5 nitrogen and oxygen atoms in total. The normalized spacial score (nSPS) is 11.0. The molecule has 0 aromatic rings. The van der Waals surface area contributed by atoms with Crippen LogP contribution in [-0.2, 0) is 19.4 Å². The van der Waals surface area contributed by atoms with Gasteiger partial charge < -0.3 is 5.32 Å². The number of Topliss-reactive ketones (excluding diaryl/α,β-unsaturated/α-hetero) is 1. The number of hydrogen-bond donors (Lipinski definition) is 1. The molecule has 0 rings (SSSR count). The van der Waals surface area contributed by atoms with Gasteiger partial charge in [0.25, 0.3) is 0 Å². The van der Waals surface area contributed by atoms with Crippen LogP contribution in [-0.4, -0.2) is 38.2 Å². The van der Waals surface area contributed by atoms with Crippen molar-refractivity contribution in [3.8, 4) is 0 Å². The lowest BCUT2D eigenvalue weighted by molar-refractivity contribution is -0.127. The van der Waals surface area contributed by atoms with Crippen molar-refractivity contribution in [2.45, 2.75) is 20.3 Å². The fourth-order valence-corrected chi connectivity index (χ4v) is 1.48. The van der Waals surface area contributed by atoms with Crippen LogP contribution in [0.4, 0.5) is 0 Å². The van der Waals surface area contributed by atoms with Gasteiger partial charge in [0, 0.05) is 12.3 Å². The molecule has 0 fully saturated rings. The van der Waals surface area contributed by atoms with Crippen LogP contribution in [0.25, 0.3) is 0 Å². The van der Waals surface area contributed by atoms with Gasteiger partial charge in [-0.15, -0.1) is 0 Å². The number of rotatable bonds is 6. The largest absolute Gasteiger partial charge is 0.355 e. The van der Waals surface area contributed by atoms with Gasteiger partial charge in [0.1, 0.15) is 5.78 Å². The molecule has 0 atom stereocenters. The summed E-state index contributed by atoms with van der Waals surface area (Å²) >= 11 is 0. The molecule has 6 heteroatoms. The van der Waals surface area contributed by atoms with E-state index in [0.29, 0.717) is 0 Å². The molecule has 0 saturated carbocycles. The van der Waals surface area contributed by atoms with Crippen molar-refractivity contribution in [3.05, 3.63) is 0 Å². The summed E-state index contributed by atoms with van der Waals surface area (Å²) in [6, 6.07) is 0. The van der Waals surface area contributed by atoms with Crippen LogP contribution < -0.4 is 5.32 Å². The first-order chi connectivity index (χ1) is 6.37. The van der Waals surface area contributed by atoms with Crippen LogP contribution in [0.2, 0.25) is 0 Å². The highest BCUT2D eigenvalue weighted by molar-refractivity contribution is 7.91. The summed E-state index contributed by atoms with van der Waals surface area (Å²) in [4.78, 5) is 21.4. The minimum absolute atomic E-state index is 0.0651. The van der Waals surface area contributed by atoms with Crippen LogP contribution in [0.5, 0.6) is 0 Å². The number of ketones is 1. The standard InChI is InChI=1S/C8H15NO4S/c1-3-14(12,13)5-4-9-8(11)6-7(2)10/h3-6H2,1-2H3,(H,9,11). The van der Waals surface area contributed by atoms with E-state index in [1.165, 1.54) is 6.92 Å². The fraction of sp³-hybridized carbons (Fsp3) is 0.750. The average Bonchev–Trinajstić information content (AvgIpc) is 2.02. The van der Waals surface area contributed by atoms with E-state index >= 15 is 0 Å². The molecule has 82 valence electrons. The number of carbonyl (C=O) groups is 2. The van der Waals surface area contributed by atoms with Crippen LogP contribution in [0, 0.1) is 0 Å². The molecule has 1 N–H and O–H groups in total. The molecule has 0 unspecified atom stereocenters. The first-order valence-electron chi connectivity index (χ1n) is 4.34. The highest BCUT2D eigenvalue weighted by atomic mass is 32.2. The second-order valence-electron chi connectivity index (χ2n) is 2.97. The molecule has 1 amide bonds. The van der Waals surface area contributed by atoms with Crippen molar-refractivity contribution in [1.82, 2.24) is 5.32 Å². The maximum Gasteiger partial charge on any atom is 0.227 e. The molecule has 0 aliphatic heterocycles.